The number of ketones is 1. The Kier molecular flexibility index (Phi) is 2.45. The number of fused-ring (bicyclic) bond motifs is 1. The number of aromatic nitrogens is 1. The molecule has 2 aromatic heterocycles. The summed E-state index contributed by atoms with van der Waals surface area (Å²) in [6.45, 7) is 1.79. The van der Waals surface area contributed by atoms with Crippen LogP contribution in [0.2, 0.25) is 0 Å². The summed E-state index contributed by atoms with van der Waals surface area (Å²) in [4.78, 5) is 16.7. The lowest BCUT2D eigenvalue weighted by Gasteiger charge is -2.04. The number of pyridine rings is 1. The molecule has 3 heteroatoms. The Bertz CT molecular complexity index is 723. The van der Waals surface area contributed by atoms with Gasteiger partial charge in [0, 0.05) is 17.1 Å². The zero-order valence-electron chi connectivity index (χ0n) is 9.88. The lowest BCUT2D eigenvalue weighted by Crippen LogP contribution is -2.02. The molecule has 0 saturated carbocycles. The van der Waals surface area contributed by atoms with Gasteiger partial charge in [-0.25, -0.2) is 0 Å². The number of carbonyl (C=O) groups is 1. The molecule has 0 spiro atoms. The number of hydrogen-bond acceptors (Lipinski definition) is 3. The molecule has 0 N–H and O–H groups in total. The minimum atomic E-state index is -0.0279. The molecule has 3 aromatic rings. The van der Waals surface area contributed by atoms with Gasteiger partial charge in [0.2, 0.25) is 0 Å². The highest BCUT2D eigenvalue weighted by Gasteiger charge is 2.16. The number of carbonyl (C=O) groups excluding carboxylic acids is 1. The van der Waals surface area contributed by atoms with Crippen molar-refractivity contribution in [2.45, 2.75) is 6.92 Å². The Balaban J connectivity index is 2.21. The molecule has 3 rings (SSSR count). The van der Waals surface area contributed by atoms with E-state index < -0.39 is 0 Å². The minimum Gasteiger partial charge on any atom is -0.469 e. The highest BCUT2D eigenvalue weighted by atomic mass is 16.3. The van der Waals surface area contributed by atoms with Gasteiger partial charge in [-0.2, -0.15) is 0 Å². The molecule has 2 heterocycles. The van der Waals surface area contributed by atoms with Crippen molar-refractivity contribution in [3.8, 4) is 0 Å². The predicted molar refractivity (Wildman–Crippen MR) is 68.6 cm³/mol. The number of nitrogens with zero attached hydrogens (tertiary/aromatic N) is 1. The van der Waals surface area contributed by atoms with Crippen molar-refractivity contribution in [1.82, 2.24) is 4.98 Å². The van der Waals surface area contributed by atoms with Gasteiger partial charge in [-0.15, -0.1) is 0 Å². The Hall–Kier alpha value is -2.42. The van der Waals surface area contributed by atoms with Crippen molar-refractivity contribution < 1.29 is 9.21 Å². The predicted octanol–water partition coefficient (Wildman–Crippen LogP) is 3.37. The molecule has 0 aliphatic rings. The molecule has 3 nitrogen and oxygen atoms in total. The molecule has 0 unspecified atom stereocenters. The van der Waals surface area contributed by atoms with Gasteiger partial charge in [0.1, 0.15) is 5.76 Å². The third kappa shape index (κ3) is 1.61. The van der Waals surface area contributed by atoms with Gasteiger partial charge in [-0.05, 0) is 25.1 Å². The van der Waals surface area contributed by atoms with Gasteiger partial charge in [-0.1, -0.05) is 18.2 Å². The first-order valence-corrected chi connectivity index (χ1v) is 5.70. The van der Waals surface area contributed by atoms with Gasteiger partial charge in [0.15, 0.2) is 5.78 Å². The van der Waals surface area contributed by atoms with E-state index in [0.717, 1.165) is 10.9 Å². The average molecular weight is 237 g/mol. The zero-order chi connectivity index (χ0) is 12.5. The van der Waals surface area contributed by atoms with E-state index in [1.54, 1.807) is 19.2 Å². The second kappa shape index (κ2) is 4.11. The molecular formula is C15H11NO2. The molecule has 0 atom stereocenters. The van der Waals surface area contributed by atoms with Crippen LogP contribution in [-0.4, -0.2) is 10.8 Å². The molecule has 0 saturated heterocycles. The summed E-state index contributed by atoms with van der Waals surface area (Å²) < 4.78 is 5.18. The maximum atomic E-state index is 12.5. The van der Waals surface area contributed by atoms with Crippen LogP contribution in [0.25, 0.3) is 10.9 Å². The van der Waals surface area contributed by atoms with Gasteiger partial charge in [-0.3, -0.25) is 9.78 Å². The van der Waals surface area contributed by atoms with Crippen molar-refractivity contribution in [2.24, 2.45) is 0 Å². The van der Waals surface area contributed by atoms with Crippen molar-refractivity contribution in [3.05, 3.63) is 65.7 Å². The second-order valence-corrected chi connectivity index (χ2v) is 4.10. The van der Waals surface area contributed by atoms with Gasteiger partial charge >= 0.3 is 0 Å². The molecule has 0 radical (unpaired) electrons. The Morgan fingerprint density at radius 1 is 1.11 bits per heavy atom. The normalized spacial score (nSPS) is 10.7. The van der Waals surface area contributed by atoms with Crippen LogP contribution in [0.4, 0.5) is 0 Å². The van der Waals surface area contributed by atoms with E-state index in [1.165, 1.54) is 6.26 Å². The highest BCUT2D eigenvalue weighted by molar-refractivity contribution is 6.16. The third-order valence-electron chi connectivity index (χ3n) is 2.99. The van der Waals surface area contributed by atoms with Gasteiger partial charge < -0.3 is 4.42 Å². The topological polar surface area (TPSA) is 43.1 Å². The van der Waals surface area contributed by atoms with E-state index in [1.807, 2.05) is 30.3 Å². The molecular weight excluding hydrogens is 226 g/mol. The molecule has 0 amide bonds. The van der Waals surface area contributed by atoms with Crippen LogP contribution in [0, 0.1) is 6.92 Å². The van der Waals surface area contributed by atoms with Crippen LogP contribution in [0.15, 0.2) is 53.3 Å². The Morgan fingerprint density at radius 3 is 2.78 bits per heavy atom. The van der Waals surface area contributed by atoms with Crippen LogP contribution in [0.1, 0.15) is 21.7 Å². The first-order chi connectivity index (χ1) is 8.77. The fourth-order valence-electron chi connectivity index (χ4n) is 2.07. The van der Waals surface area contributed by atoms with Crippen molar-refractivity contribution >= 4 is 16.7 Å². The SMILES string of the molecule is Cc1occc1C(=O)c1cccc2ncccc12. The third-order valence-corrected chi connectivity index (χ3v) is 2.99. The van der Waals surface area contributed by atoms with Crippen molar-refractivity contribution in [2.75, 3.05) is 0 Å². The zero-order valence-corrected chi connectivity index (χ0v) is 9.88. The number of rotatable bonds is 2. The fourth-order valence-corrected chi connectivity index (χ4v) is 2.07. The molecule has 0 aliphatic heterocycles. The Labute approximate surface area is 104 Å². The first kappa shape index (κ1) is 10.7. The fraction of sp³-hybridized carbons (Fsp3) is 0.0667. The van der Waals surface area contributed by atoms with E-state index >= 15 is 0 Å². The first-order valence-electron chi connectivity index (χ1n) is 5.70. The van der Waals surface area contributed by atoms with Crippen molar-refractivity contribution in [1.29, 1.82) is 0 Å². The highest BCUT2D eigenvalue weighted by Crippen LogP contribution is 2.21. The molecule has 88 valence electrons. The van der Waals surface area contributed by atoms with Crippen LogP contribution in [0.5, 0.6) is 0 Å². The largest absolute Gasteiger partial charge is 0.469 e. The van der Waals surface area contributed by atoms with Gasteiger partial charge in [0.25, 0.3) is 0 Å². The number of furan rings is 1. The lowest BCUT2D eigenvalue weighted by molar-refractivity contribution is 0.103. The number of hydrogen-bond donors (Lipinski definition) is 0. The summed E-state index contributed by atoms with van der Waals surface area (Å²) in [5.41, 5.74) is 2.08. The molecule has 0 bridgehead atoms. The van der Waals surface area contributed by atoms with Crippen molar-refractivity contribution in [3.63, 3.8) is 0 Å². The van der Waals surface area contributed by atoms with Gasteiger partial charge in [0.05, 0.1) is 17.3 Å². The summed E-state index contributed by atoms with van der Waals surface area (Å²) in [6.07, 6.45) is 3.26. The standard InChI is InChI=1S/C15H11NO2/c1-10-11(7-9-18-10)15(17)13-4-2-6-14-12(13)5-3-8-16-14/h2-9H,1H3. The summed E-state index contributed by atoms with van der Waals surface area (Å²) >= 11 is 0. The molecule has 0 aliphatic carbocycles. The number of aryl methyl sites for hydroxylation is 1. The summed E-state index contributed by atoms with van der Waals surface area (Å²) in [5.74, 6) is 0.612. The monoisotopic (exact) mass is 237 g/mol. The summed E-state index contributed by atoms with van der Waals surface area (Å²) in [7, 11) is 0. The second-order valence-electron chi connectivity index (χ2n) is 4.10. The van der Waals surface area contributed by atoms with E-state index in [2.05, 4.69) is 4.98 Å². The number of benzene rings is 1. The van der Waals surface area contributed by atoms with E-state index in [-0.39, 0.29) is 5.78 Å². The summed E-state index contributed by atoms with van der Waals surface area (Å²) in [6, 6.07) is 11.0. The molecule has 0 fully saturated rings. The van der Waals surface area contributed by atoms with Crippen LogP contribution in [-0.2, 0) is 0 Å². The average Bonchev–Trinajstić information content (AvgIpc) is 2.83. The smallest absolute Gasteiger partial charge is 0.197 e. The van der Waals surface area contributed by atoms with E-state index in [0.29, 0.717) is 16.9 Å². The summed E-state index contributed by atoms with van der Waals surface area (Å²) in [5, 5.41) is 0.866. The maximum Gasteiger partial charge on any atom is 0.197 e. The lowest BCUT2D eigenvalue weighted by atomic mass is 10.00. The minimum absolute atomic E-state index is 0.0279. The maximum absolute atomic E-state index is 12.5. The van der Waals surface area contributed by atoms with Crippen LogP contribution in [0.3, 0.4) is 0 Å². The van der Waals surface area contributed by atoms with Crippen LogP contribution < -0.4 is 0 Å². The Morgan fingerprint density at radius 2 is 2.00 bits per heavy atom. The van der Waals surface area contributed by atoms with E-state index in [9.17, 15) is 4.79 Å². The quantitative estimate of drug-likeness (QED) is 0.642. The van der Waals surface area contributed by atoms with E-state index in [4.69, 9.17) is 4.42 Å². The van der Waals surface area contributed by atoms with Crippen LogP contribution >= 0.6 is 0 Å². The molecule has 1 aromatic carbocycles. The molecule has 18 heavy (non-hydrogen) atoms.